The topological polar surface area (TPSA) is 46.2 Å². The van der Waals surface area contributed by atoms with Gasteiger partial charge in [0.05, 0.1) is 11.1 Å². The average Bonchev–Trinajstić information content (AvgIpc) is 3.36. The summed E-state index contributed by atoms with van der Waals surface area (Å²) in [6.07, 6.45) is 4.76. The monoisotopic (exact) mass is 407 g/mol. The molecule has 4 nitrogen and oxygen atoms in total. The van der Waals surface area contributed by atoms with E-state index in [4.69, 9.17) is 11.6 Å². The summed E-state index contributed by atoms with van der Waals surface area (Å²) in [4.78, 5) is 27.4. The second-order valence-corrected chi connectivity index (χ2v) is 7.57. The van der Waals surface area contributed by atoms with Crippen molar-refractivity contribution in [2.24, 2.45) is 0 Å². The number of urea groups is 1. The SMILES string of the molecule is O=C(C=Cc1ccc(Cl)cc1)[N+]1(c2ccccc2)C(=O)NC=C1c1cccs1. The molecule has 0 fully saturated rings. The van der Waals surface area contributed by atoms with E-state index in [2.05, 4.69) is 5.32 Å². The first-order valence-corrected chi connectivity index (χ1v) is 9.86. The fourth-order valence-corrected chi connectivity index (χ4v) is 4.10. The number of para-hydroxylation sites is 1. The van der Waals surface area contributed by atoms with Gasteiger partial charge in [0.2, 0.25) is 0 Å². The van der Waals surface area contributed by atoms with Gasteiger partial charge in [0, 0.05) is 23.2 Å². The highest BCUT2D eigenvalue weighted by Gasteiger charge is 2.54. The fraction of sp³-hybridized carbons (Fsp3) is 0. The number of nitrogens with one attached hydrogen (secondary N) is 1. The molecule has 0 aliphatic carbocycles. The van der Waals surface area contributed by atoms with Crippen LogP contribution in [-0.2, 0) is 4.79 Å². The number of thiophene rings is 1. The standard InChI is InChI=1S/C22H15ClN2O2S/c23-17-11-8-16(9-12-17)10-13-21(26)25(18-5-2-1-3-6-18)19(15-24-22(25)27)20-7-4-14-28-20/h1-15H/p+1. The van der Waals surface area contributed by atoms with Crippen LogP contribution < -0.4 is 9.80 Å². The highest BCUT2D eigenvalue weighted by Crippen LogP contribution is 2.40. The summed E-state index contributed by atoms with van der Waals surface area (Å²) in [5, 5.41) is 5.29. The molecule has 4 rings (SSSR count). The van der Waals surface area contributed by atoms with Crippen LogP contribution in [-0.4, -0.2) is 11.9 Å². The molecule has 0 spiro atoms. The molecule has 1 aliphatic rings. The molecular formula is C22H16ClN2O2S+. The summed E-state index contributed by atoms with van der Waals surface area (Å²) in [5.41, 5.74) is 2.02. The third-order valence-corrected chi connectivity index (χ3v) is 5.68. The smallest absolute Gasteiger partial charge is 0.275 e. The van der Waals surface area contributed by atoms with E-state index in [0.29, 0.717) is 16.4 Å². The highest BCUT2D eigenvalue weighted by atomic mass is 35.5. The van der Waals surface area contributed by atoms with Gasteiger partial charge in [-0.05, 0) is 35.2 Å². The van der Waals surface area contributed by atoms with Gasteiger partial charge >= 0.3 is 11.9 Å². The lowest BCUT2D eigenvalue weighted by atomic mass is 10.1. The summed E-state index contributed by atoms with van der Waals surface area (Å²) < 4.78 is -0.536. The van der Waals surface area contributed by atoms with Crippen LogP contribution in [0.1, 0.15) is 10.4 Å². The second-order valence-electron chi connectivity index (χ2n) is 6.19. The van der Waals surface area contributed by atoms with Crippen molar-refractivity contribution in [3.63, 3.8) is 0 Å². The lowest BCUT2D eigenvalue weighted by molar-refractivity contribution is -0.120. The first-order valence-electron chi connectivity index (χ1n) is 8.61. The first-order chi connectivity index (χ1) is 13.6. The van der Waals surface area contributed by atoms with E-state index in [9.17, 15) is 9.59 Å². The van der Waals surface area contributed by atoms with Crippen molar-refractivity contribution in [1.29, 1.82) is 0 Å². The molecule has 2 aromatic carbocycles. The molecule has 28 heavy (non-hydrogen) atoms. The molecule has 3 aromatic rings. The van der Waals surface area contributed by atoms with Crippen molar-refractivity contribution >= 4 is 52.3 Å². The molecule has 0 bridgehead atoms. The van der Waals surface area contributed by atoms with Gasteiger partial charge in [0.1, 0.15) is 0 Å². The van der Waals surface area contributed by atoms with Gasteiger partial charge in [0.25, 0.3) is 0 Å². The van der Waals surface area contributed by atoms with Gasteiger partial charge in [-0.15, -0.1) is 15.8 Å². The lowest BCUT2D eigenvalue weighted by Gasteiger charge is -2.27. The predicted octanol–water partition coefficient (Wildman–Crippen LogP) is 5.67. The Morgan fingerprint density at radius 3 is 2.43 bits per heavy atom. The number of halogens is 1. The summed E-state index contributed by atoms with van der Waals surface area (Å²) >= 11 is 7.41. The Labute approximate surface area is 171 Å². The second kappa shape index (κ2) is 7.56. The number of quaternary nitrogens is 1. The Morgan fingerprint density at radius 2 is 1.75 bits per heavy atom. The van der Waals surface area contributed by atoms with Crippen LogP contribution in [0.5, 0.6) is 0 Å². The molecule has 138 valence electrons. The number of hydrogen-bond donors (Lipinski definition) is 1. The van der Waals surface area contributed by atoms with Crippen LogP contribution in [0, 0.1) is 0 Å². The molecule has 1 N–H and O–H groups in total. The van der Waals surface area contributed by atoms with Crippen LogP contribution >= 0.6 is 22.9 Å². The minimum atomic E-state index is -0.536. The van der Waals surface area contributed by atoms with Gasteiger partial charge in [0.15, 0.2) is 11.4 Å². The van der Waals surface area contributed by atoms with Gasteiger partial charge in [-0.3, -0.25) is 5.32 Å². The number of imide groups is 1. The molecule has 1 aliphatic heterocycles. The highest BCUT2D eigenvalue weighted by molar-refractivity contribution is 7.11. The third kappa shape index (κ3) is 3.10. The molecule has 0 saturated carbocycles. The zero-order valence-electron chi connectivity index (χ0n) is 14.7. The van der Waals surface area contributed by atoms with Crippen LogP contribution in [0.3, 0.4) is 0 Å². The van der Waals surface area contributed by atoms with E-state index in [1.165, 1.54) is 17.4 Å². The van der Waals surface area contributed by atoms with Crippen LogP contribution in [0.4, 0.5) is 10.5 Å². The molecular weight excluding hydrogens is 392 g/mol. The van der Waals surface area contributed by atoms with Gasteiger partial charge in [-0.2, -0.15) is 0 Å². The van der Waals surface area contributed by atoms with Crippen molar-refractivity contribution in [1.82, 2.24) is 9.80 Å². The van der Waals surface area contributed by atoms with Crippen molar-refractivity contribution in [3.8, 4) is 0 Å². The van der Waals surface area contributed by atoms with Crippen LogP contribution in [0.15, 0.2) is 84.4 Å². The maximum Gasteiger partial charge on any atom is 0.438 e. The summed E-state index contributed by atoms with van der Waals surface area (Å²) in [6.45, 7) is 0. The predicted molar refractivity (Wildman–Crippen MR) is 115 cm³/mol. The third-order valence-electron chi connectivity index (χ3n) is 4.53. The maximum atomic E-state index is 13.5. The maximum absolute atomic E-state index is 13.5. The Bertz CT molecular complexity index is 1070. The molecule has 0 saturated heterocycles. The van der Waals surface area contributed by atoms with Crippen molar-refractivity contribution in [2.45, 2.75) is 0 Å². The minimum absolute atomic E-state index is 0.351. The molecule has 1 atom stereocenters. The van der Waals surface area contributed by atoms with E-state index >= 15 is 0 Å². The van der Waals surface area contributed by atoms with Gasteiger partial charge < -0.3 is 0 Å². The number of amides is 3. The van der Waals surface area contributed by atoms with E-state index in [0.717, 1.165) is 10.4 Å². The van der Waals surface area contributed by atoms with Crippen molar-refractivity contribution in [2.75, 3.05) is 0 Å². The number of benzene rings is 2. The lowest BCUT2D eigenvalue weighted by Crippen LogP contribution is -2.55. The number of carbonyl (C=O) groups excluding carboxylic acids is 2. The summed E-state index contributed by atoms with van der Waals surface area (Å²) in [6, 6.07) is 19.6. The molecule has 1 unspecified atom stereocenters. The number of rotatable bonds is 4. The van der Waals surface area contributed by atoms with E-state index in [-0.39, 0.29) is 5.91 Å². The van der Waals surface area contributed by atoms with Crippen molar-refractivity contribution in [3.05, 3.63) is 99.8 Å². The Morgan fingerprint density at radius 1 is 1.00 bits per heavy atom. The van der Waals surface area contributed by atoms with E-state index < -0.39 is 10.5 Å². The van der Waals surface area contributed by atoms with Gasteiger partial charge in [-0.1, -0.05) is 48.0 Å². The first kappa shape index (κ1) is 18.4. The molecule has 2 heterocycles. The zero-order chi connectivity index (χ0) is 19.6. The normalized spacial score (nSPS) is 18.9. The largest absolute Gasteiger partial charge is 0.438 e. The number of hydrogen-bond acceptors (Lipinski definition) is 3. The number of carbonyl (C=O) groups is 2. The molecule has 0 radical (unpaired) electrons. The fourth-order valence-electron chi connectivity index (χ4n) is 3.20. The zero-order valence-corrected chi connectivity index (χ0v) is 16.3. The van der Waals surface area contributed by atoms with Crippen LogP contribution in [0.2, 0.25) is 5.02 Å². The molecule has 6 heteroatoms. The van der Waals surface area contributed by atoms with Crippen molar-refractivity contribution < 1.29 is 9.59 Å². The average molecular weight is 408 g/mol. The molecule has 3 amide bonds. The Balaban J connectivity index is 1.82. The number of nitrogens with zero attached hydrogens (tertiary/aromatic N) is 1. The van der Waals surface area contributed by atoms with Gasteiger partial charge in [-0.25, -0.2) is 9.59 Å². The van der Waals surface area contributed by atoms with Crippen LogP contribution in [0.25, 0.3) is 11.8 Å². The quantitative estimate of drug-likeness (QED) is 0.447. The Hall–Kier alpha value is -2.99. The summed E-state index contributed by atoms with van der Waals surface area (Å²) in [7, 11) is 0. The van der Waals surface area contributed by atoms with E-state index in [1.807, 2.05) is 47.8 Å². The van der Waals surface area contributed by atoms with E-state index in [1.54, 1.807) is 36.5 Å². The minimum Gasteiger partial charge on any atom is -0.275 e. The molecule has 1 aromatic heterocycles. The summed E-state index contributed by atoms with van der Waals surface area (Å²) in [5.74, 6) is -0.351. The Kier molecular flexibility index (Phi) is 4.96.